The van der Waals surface area contributed by atoms with Crippen LogP contribution in [0, 0.1) is 0 Å². The molecule has 252 valence electrons. The third-order valence-electron chi connectivity index (χ3n) is 8.82. The average Bonchev–Trinajstić information content (AvgIpc) is 3.10. The molecule has 2 saturated heterocycles. The molecule has 15 heteroatoms. The third-order valence-corrected chi connectivity index (χ3v) is 11.1. The first-order valence-corrected chi connectivity index (χ1v) is 18.4. The fourth-order valence-electron chi connectivity index (χ4n) is 6.55. The molecular weight excluding hydrogens is 637 g/mol. The fourth-order valence-corrected chi connectivity index (χ4v) is 8.46. The Bertz CT molecular complexity index is 1430. The molecular formula is C30H42F5N5O3S2. The number of nitrogens with zero attached hydrogens (tertiary/aromatic N) is 5. The van der Waals surface area contributed by atoms with Crippen molar-refractivity contribution < 1.29 is 35.5 Å². The lowest BCUT2D eigenvalue weighted by Crippen LogP contribution is -2.43. The molecule has 45 heavy (non-hydrogen) atoms. The Hall–Kier alpha value is -1.78. The van der Waals surface area contributed by atoms with E-state index in [0.717, 1.165) is 55.7 Å². The molecule has 0 bridgehead atoms. The molecule has 0 unspecified atom stereocenters. The van der Waals surface area contributed by atoms with Crippen LogP contribution in [0.3, 0.4) is 0 Å². The Labute approximate surface area is 266 Å². The normalized spacial score (nSPS) is 21.4. The van der Waals surface area contributed by atoms with E-state index < -0.39 is 40.3 Å². The molecule has 3 aliphatic rings. The van der Waals surface area contributed by atoms with Gasteiger partial charge in [-0.1, -0.05) is 18.9 Å². The van der Waals surface area contributed by atoms with Crippen LogP contribution >= 0.6 is 11.8 Å². The first-order chi connectivity index (χ1) is 21.2. The van der Waals surface area contributed by atoms with Gasteiger partial charge in [-0.15, -0.1) is 11.8 Å². The highest BCUT2D eigenvalue weighted by molar-refractivity contribution is 7.99. The lowest BCUT2D eigenvalue weighted by Gasteiger charge is -2.32. The monoisotopic (exact) mass is 679 g/mol. The Morgan fingerprint density at radius 2 is 1.73 bits per heavy atom. The van der Waals surface area contributed by atoms with Gasteiger partial charge in [-0.2, -0.15) is 22.6 Å². The Balaban J connectivity index is 1.42. The number of sulfonamides is 1. The van der Waals surface area contributed by atoms with E-state index in [4.69, 9.17) is 5.10 Å². The van der Waals surface area contributed by atoms with E-state index >= 15 is 0 Å². The zero-order chi connectivity index (χ0) is 32.4. The van der Waals surface area contributed by atoms with Crippen LogP contribution in [0.4, 0.5) is 22.0 Å². The molecule has 0 saturated carbocycles. The van der Waals surface area contributed by atoms with E-state index in [0.29, 0.717) is 42.8 Å². The minimum atomic E-state index is -4.62. The number of aliphatic hydroxyl groups is 1. The average molecular weight is 680 g/mol. The number of hydrogen-bond acceptors (Lipinski definition) is 7. The molecule has 0 amide bonds. The van der Waals surface area contributed by atoms with Gasteiger partial charge in [0.2, 0.25) is 10.0 Å². The summed E-state index contributed by atoms with van der Waals surface area (Å²) in [6.07, 6.45) is 0.777. The Kier molecular flexibility index (Phi) is 10.9. The smallest absolute Gasteiger partial charge is 0.390 e. The molecule has 4 heterocycles. The number of halogens is 5. The summed E-state index contributed by atoms with van der Waals surface area (Å²) >= 11 is 0.964. The fraction of sp³-hybridized carbons (Fsp3) is 0.700. The zero-order valence-corrected chi connectivity index (χ0v) is 27.2. The summed E-state index contributed by atoms with van der Waals surface area (Å²) < 4.78 is 97.7. The summed E-state index contributed by atoms with van der Waals surface area (Å²) in [4.78, 5) is 3.79. The maximum atomic E-state index is 14.0. The molecule has 5 rings (SSSR count). The number of thioether (sulfide) groups is 1. The number of β-amino-alcohol motifs (C(OH)–C–C–N with tert-alkyl or cyclic N) is 1. The van der Waals surface area contributed by atoms with Crippen molar-refractivity contribution in [2.45, 2.75) is 81.1 Å². The van der Waals surface area contributed by atoms with Crippen molar-refractivity contribution in [2.75, 3.05) is 57.8 Å². The number of rotatable bonds is 10. The van der Waals surface area contributed by atoms with Crippen molar-refractivity contribution in [3.8, 4) is 11.3 Å². The van der Waals surface area contributed by atoms with Crippen molar-refractivity contribution >= 4 is 21.8 Å². The van der Waals surface area contributed by atoms with Gasteiger partial charge in [0.25, 0.3) is 5.92 Å². The number of aromatic nitrogens is 2. The van der Waals surface area contributed by atoms with Gasteiger partial charge in [-0.3, -0.25) is 9.58 Å². The molecule has 3 aliphatic heterocycles. The zero-order valence-electron chi connectivity index (χ0n) is 25.5. The van der Waals surface area contributed by atoms with E-state index in [9.17, 15) is 35.5 Å². The number of alkyl halides is 5. The summed E-state index contributed by atoms with van der Waals surface area (Å²) in [6.45, 7) is 3.05. The van der Waals surface area contributed by atoms with Gasteiger partial charge >= 0.3 is 6.18 Å². The van der Waals surface area contributed by atoms with Gasteiger partial charge < -0.3 is 10.0 Å². The van der Waals surface area contributed by atoms with Crippen LogP contribution in [-0.4, -0.2) is 107 Å². The summed E-state index contributed by atoms with van der Waals surface area (Å²) in [5, 5.41) is 15.8. The van der Waals surface area contributed by atoms with E-state index in [1.807, 2.05) is 0 Å². The number of fused-ring (bicyclic) bond motifs is 1. The SMILES string of the molecule is CS(=O)(=O)N1CCc2c(c(-c3ccc(C(F)(F)F)c(SCCN4CCCC(F)(F)C4)c3)nn2C[C@@H](O)CN2CCCCCC2)C1. The number of piperidine rings is 1. The topological polar surface area (TPSA) is 81.9 Å². The highest BCUT2D eigenvalue weighted by atomic mass is 32.2. The quantitative estimate of drug-likeness (QED) is 0.281. The van der Waals surface area contributed by atoms with Crippen molar-refractivity contribution in [3.05, 3.63) is 35.0 Å². The first kappa shape index (κ1) is 34.6. The molecule has 1 aromatic carbocycles. The largest absolute Gasteiger partial charge is 0.417 e. The molecule has 2 fully saturated rings. The van der Waals surface area contributed by atoms with Crippen molar-refractivity contribution in [2.24, 2.45) is 0 Å². The highest BCUT2D eigenvalue weighted by Crippen LogP contribution is 2.40. The van der Waals surface area contributed by atoms with Crippen molar-refractivity contribution in [1.82, 2.24) is 23.9 Å². The van der Waals surface area contributed by atoms with Gasteiger partial charge in [0, 0.05) is 66.5 Å². The van der Waals surface area contributed by atoms with Crippen LogP contribution < -0.4 is 0 Å². The molecule has 1 N–H and O–H groups in total. The lowest BCUT2D eigenvalue weighted by atomic mass is 10.0. The van der Waals surface area contributed by atoms with Crippen LogP contribution in [0.2, 0.25) is 0 Å². The number of hydrogen-bond donors (Lipinski definition) is 1. The van der Waals surface area contributed by atoms with E-state index in [2.05, 4.69) is 4.90 Å². The lowest BCUT2D eigenvalue weighted by molar-refractivity contribution is -0.139. The minimum absolute atomic E-state index is 0.0262. The molecule has 1 atom stereocenters. The second-order valence-electron chi connectivity index (χ2n) is 12.5. The highest BCUT2D eigenvalue weighted by Gasteiger charge is 2.37. The van der Waals surface area contributed by atoms with Gasteiger partial charge in [-0.25, -0.2) is 17.2 Å². The maximum Gasteiger partial charge on any atom is 0.417 e. The summed E-state index contributed by atoms with van der Waals surface area (Å²) in [7, 11) is -3.54. The Morgan fingerprint density at radius 1 is 1.02 bits per heavy atom. The third kappa shape index (κ3) is 8.98. The molecule has 0 spiro atoms. The van der Waals surface area contributed by atoms with Crippen LogP contribution in [0.15, 0.2) is 23.1 Å². The van der Waals surface area contributed by atoms with Crippen LogP contribution in [0.1, 0.15) is 55.3 Å². The maximum absolute atomic E-state index is 14.0. The van der Waals surface area contributed by atoms with Crippen LogP contribution in [0.5, 0.6) is 0 Å². The molecule has 2 aromatic rings. The Morgan fingerprint density at radius 3 is 2.40 bits per heavy atom. The van der Waals surface area contributed by atoms with E-state index in [1.54, 1.807) is 9.58 Å². The second-order valence-corrected chi connectivity index (χ2v) is 15.6. The molecule has 0 radical (unpaired) electrons. The summed E-state index contributed by atoms with van der Waals surface area (Å²) in [5.41, 5.74) is 1.34. The predicted octanol–water partition coefficient (Wildman–Crippen LogP) is 4.95. The summed E-state index contributed by atoms with van der Waals surface area (Å²) in [5.74, 6) is -2.60. The van der Waals surface area contributed by atoms with Gasteiger partial charge in [0.05, 0.1) is 36.7 Å². The van der Waals surface area contributed by atoms with Crippen molar-refractivity contribution in [3.63, 3.8) is 0 Å². The number of likely N-dealkylation sites (tertiary alicyclic amines) is 2. The van der Waals surface area contributed by atoms with Crippen molar-refractivity contribution in [1.29, 1.82) is 0 Å². The standard InChI is InChI=1S/C30H42F5N5O3S2/c1-45(42,43)39-14-9-26-24(20-39)28(36-40(26)19-23(41)18-37-11-4-2-3-5-12-37)22-7-8-25(30(33,34)35)27(17-22)44-16-15-38-13-6-10-29(31,32)21-38/h7-8,17,23,41H,2-6,9-16,18-21H2,1H3/t23-/m0/s1. The van der Waals surface area contributed by atoms with E-state index in [-0.39, 0.29) is 43.2 Å². The van der Waals surface area contributed by atoms with Gasteiger partial charge in [-0.05, 0) is 51.0 Å². The molecule has 1 aromatic heterocycles. The predicted molar refractivity (Wildman–Crippen MR) is 164 cm³/mol. The van der Waals surface area contributed by atoms with Gasteiger partial charge in [0.1, 0.15) is 0 Å². The van der Waals surface area contributed by atoms with Crippen LogP contribution in [0.25, 0.3) is 11.3 Å². The summed E-state index contributed by atoms with van der Waals surface area (Å²) in [6, 6.07) is 3.76. The molecule has 0 aliphatic carbocycles. The molecule has 8 nitrogen and oxygen atoms in total. The van der Waals surface area contributed by atoms with Crippen LogP contribution in [-0.2, 0) is 35.7 Å². The number of aliphatic hydroxyl groups excluding tert-OH is 1. The first-order valence-electron chi connectivity index (χ1n) is 15.6. The number of benzene rings is 1. The minimum Gasteiger partial charge on any atom is -0.390 e. The second kappa shape index (κ2) is 14.1. The van der Waals surface area contributed by atoms with Gasteiger partial charge in [0.15, 0.2) is 0 Å². The van der Waals surface area contributed by atoms with E-state index in [1.165, 1.54) is 29.3 Å².